The number of para-hydroxylation sites is 2. The molecule has 0 atom stereocenters. The van der Waals surface area contributed by atoms with Crippen LogP contribution in [-0.4, -0.2) is 25.9 Å². The van der Waals surface area contributed by atoms with E-state index in [4.69, 9.17) is 4.42 Å². The number of nitrogens with zero attached hydrogens (tertiary/aromatic N) is 4. The van der Waals surface area contributed by atoms with Gasteiger partial charge in [-0.15, -0.1) is 10.2 Å². The van der Waals surface area contributed by atoms with Gasteiger partial charge in [-0.2, -0.15) is 5.10 Å². The van der Waals surface area contributed by atoms with Crippen LogP contribution >= 0.6 is 23.1 Å². The second kappa shape index (κ2) is 8.37. The maximum absolute atomic E-state index is 13.1. The van der Waals surface area contributed by atoms with Crippen molar-refractivity contribution in [1.82, 2.24) is 20.0 Å². The van der Waals surface area contributed by atoms with Crippen LogP contribution in [0.1, 0.15) is 21.1 Å². The van der Waals surface area contributed by atoms with Crippen LogP contribution in [0.15, 0.2) is 75.7 Å². The lowest BCUT2D eigenvalue weighted by atomic mass is 10.1. The van der Waals surface area contributed by atoms with E-state index in [1.54, 1.807) is 28.8 Å². The fourth-order valence-corrected chi connectivity index (χ4v) is 5.04. The molecule has 5 aromatic rings. The van der Waals surface area contributed by atoms with Crippen LogP contribution in [0, 0.1) is 6.92 Å². The summed E-state index contributed by atoms with van der Waals surface area (Å²) < 4.78 is 8.50. The maximum atomic E-state index is 13.1. The third-order valence-electron chi connectivity index (χ3n) is 4.61. The molecule has 0 aliphatic rings. The Morgan fingerprint density at radius 3 is 2.74 bits per heavy atom. The molecule has 1 amide bonds. The number of amides is 1. The maximum Gasteiger partial charge on any atom is 0.291 e. The van der Waals surface area contributed by atoms with Gasteiger partial charge >= 0.3 is 0 Å². The largest absolute Gasteiger partial charge is 0.451 e. The Morgan fingerprint density at radius 2 is 1.94 bits per heavy atom. The zero-order valence-corrected chi connectivity index (χ0v) is 18.1. The van der Waals surface area contributed by atoms with E-state index in [-0.39, 0.29) is 5.91 Å². The first kappa shape index (κ1) is 19.5. The van der Waals surface area contributed by atoms with Gasteiger partial charge in [0.1, 0.15) is 10.6 Å². The van der Waals surface area contributed by atoms with Gasteiger partial charge in [-0.25, -0.2) is 4.68 Å². The van der Waals surface area contributed by atoms with Gasteiger partial charge in [0.2, 0.25) is 0 Å². The Balaban J connectivity index is 1.41. The predicted molar refractivity (Wildman–Crippen MR) is 122 cm³/mol. The Bertz CT molecular complexity index is 1360. The van der Waals surface area contributed by atoms with Crippen molar-refractivity contribution in [2.75, 3.05) is 5.32 Å². The van der Waals surface area contributed by atoms with Crippen molar-refractivity contribution < 1.29 is 9.21 Å². The molecule has 0 saturated heterocycles. The summed E-state index contributed by atoms with van der Waals surface area (Å²) in [7, 11) is 0. The minimum Gasteiger partial charge on any atom is -0.451 e. The molecule has 0 spiro atoms. The highest BCUT2D eigenvalue weighted by Gasteiger charge is 2.21. The summed E-state index contributed by atoms with van der Waals surface area (Å²) in [6, 6.07) is 17.4. The monoisotopic (exact) mass is 447 g/mol. The van der Waals surface area contributed by atoms with Gasteiger partial charge < -0.3 is 9.73 Å². The highest BCUT2D eigenvalue weighted by Crippen LogP contribution is 2.33. The first-order valence-electron chi connectivity index (χ1n) is 9.52. The lowest BCUT2D eigenvalue weighted by molar-refractivity contribution is 0.0998. The van der Waals surface area contributed by atoms with E-state index >= 15 is 0 Å². The summed E-state index contributed by atoms with van der Waals surface area (Å²) >= 11 is 3.07. The van der Waals surface area contributed by atoms with E-state index < -0.39 is 0 Å². The molecule has 0 fully saturated rings. The average Bonchev–Trinajstić information content (AvgIpc) is 3.51. The third-order valence-corrected chi connectivity index (χ3v) is 6.61. The predicted octanol–water partition coefficient (Wildman–Crippen LogP) is 5.32. The van der Waals surface area contributed by atoms with Crippen LogP contribution in [0.4, 0.5) is 5.69 Å². The first-order valence-corrected chi connectivity index (χ1v) is 11.3. The molecule has 7 nitrogen and oxygen atoms in total. The number of fused-ring (bicyclic) bond motifs is 1. The number of thioether (sulfide) groups is 1. The number of nitrogens with one attached hydrogen (secondary N) is 1. The Hall–Kier alpha value is -3.43. The first-order chi connectivity index (χ1) is 15.2. The van der Waals surface area contributed by atoms with Gasteiger partial charge in [0, 0.05) is 16.7 Å². The smallest absolute Gasteiger partial charge is 0.291 e. The minimum absolute atomic E-state index is 0.294. The van der Waals surface area contributed by atoms with Crippen molar-refractivity contribution in [1.29, 1.82) is 0 Å². The fraction of sp³-hybridized carbons (Fsp3) is 0.0909. The lowest BCUT2D eigenvalue weighted by Gasteiger charge is -2.03. The Morgan fingerprint density at radius 1 is 1.13 bits per heavy atom. The number of hydrogen-bond acceptors (Lipinski definition) is 7. The van der Waals surface area contributed by atoms with Gasteiger partial charge in [-0.05, 0) is 25.1 Å². The molecule has 0 bridgehead atoms. The summed E-state index contributed by atoms with van der Waals surface area (Å²) in [5.74, 6) is 0.535. The molecule has 3 aromatic heterocycles. The Kier molecular flexibility index (Phi) is 5.27. The van der Waals surface area contributed by atoms with Crippen molar-refractivity contribution in [2.24, 2.45) is 0 Å². The number of furan rings is 1. The highest BCUT2D eigenvalue weighted by molar-refractivity contribution is 8.00. The van der Waals surface area contributed by atoms with E-state index in [2.05, 4.69) is 20.6 Å². The van der Waals surface area contributed by atoms with E-state index in [9.17, 15) is 4.79 Å². The number of anilines is 1. The molecule has 0 unspecified atom stereocenters. The van der Waals surface area contributed by atoms with E-state index in [1.807, 2.05) is 61.5 Å². The zero-order chi connectivity index (χ0) is 21.2. The average molecular weight is 448 g/mol. The van der Waals surface area contributed by atoms with Crippen LogP contribution in [0.25, 0.3) is 16.7 Å². The van der Waals surface area contributed by atoms with Gasteiger partial charge in [0.25, 0.3) is 5.91 Å². The molecule has 0 aliphatic carbocycles. The summed E-state index contributed by atoms with van der Waals surface area (Å²) in [4.78, 5) is 13.1. The highest BCUT2D eigenvalue weighted by atomic mass is 32.2. The molecular weight excluding hydrogens is 430 g/mol. The van der Waals surface area contributed by atoms with Crippen molar-refractivity contribution >= 4 is 45.7 Å². The number of carbonyl (C=O) groups excluding carboxylic acids is 1. The molecule has 5 rings (SSSR count). The summed E-state index contributed by atoms with van der Waals surface area (Å²) in [5.41, 5.74) is 3.02. The van der Waals surface area contributed by atoms with Gasteiger partial charge in [-0.1, -0.05) is 59.5 Å². The SMILES string of the molecule is Cc1nnc(SCc2c(C(=O)Nc3cnn(-c4ccccc4)c3)oc3ccccc23)s1. The zero-order valence-electron chi connectivity index (χ0n) is 16.5. The molecule has 0 aliphatic heterocycles. The summed E-state index contributed by atoms with van der Waals surface area (Å²) in [5, 5.41) is 17.3. The molecule has 9 heteroatoms. The van der Waals surface area contributed by atoms with Gasteiger partial charge in [-0.3, -0.25) is 4.79 Å². The minimum atomic E-state index is -0.312. The second-order valence-corrected chi connectivity index (χ2v) is 9.15. The molecule has 1 N–H and O–H groups in total. The topological polar surface area (TPSA) is 85.8 Å². The molecule has 154 valence electrons. The number of rotatable bonds is 6. The number of carbonyl (C=O) groups is 1. The van der Waals surface area contributed by atoms with Crippen molar-refractivity contribution in [3.05, 3.63) is 83.3 Å². The van der Waals surface area contributed by atoms with Crippen LogP contribution in [-0.2, 0) is 5.75 Å². The molecule has 2 aromatic carbocycles. The van der Waals surface area contributed by atoms with Crippen LogP contribution in [0.3, 0.4) is 0 Å². The number of aromatic nitrogens is 4. The van der Waals surface area contributed by atoms with Crippen LogP contribution in [0.2, 0.25) is 0 Å². The van der Waals surface area contributed by atoms with Crippen LogP contribution < -0.4 is 5.32 Å². The van der Waals surface area contributed by atoms with E-state index in [0.29, 0.717) is 22.8 Å². The molecule has 31 heavy (non-hydrogen) atoms. The molecule has 0 radical (unpaired) electrons. The normalized spacial score (nSPS) is 11.1. The molecule has 0 saturated carbocycles. The lowest BCUT2D eigenvalue weighted by Crippen LogP contribution is -2.12. The van der Waals surface area contributed by atoms with Crippen LogP contribution in [0.5, 0.6) is 0 Å². The van der Waals surface area contributed by atoms with Gasteiger partial charge in [0.15, 0.2) is 10.1 Å². The van der Waals surface area contributed by atoms with Gasteiger partial charge in [0.05, 0.1) is 23.8 Å². The summed E-state index contributed by atoms with van der Waals surface area (Å²) in [6.45, 7) is 1.92. The molecule has 3 heterocycles. The summed E-state index contributed by atoms with van der Waals surface area (Å²) in [6.07, 6.45) is 3.39. The number of benzene rings is 2. The quantitative estimate of drug-likeness (QED) is 0.355. The third kappa shape index (κ3) is 4.10. The van der Waals surface area contributed by atoms with E-state index in [1.165, 1.54) is 11.3 Å². The molecular formula is C22H17N5O2S2. The fourth-order valence-electron chi connectivity index (χ4n) is 3.19. The van der Waals surface area contributed by atoms with Crippen molar-refractivity contribution in [2.45, 2.75) is 17.0 Å². The standard InChI is InChI=1S/C22H17N5O2S2/c1-14-25-26-22(31-14)30-13-18-17-9-5-6-10-19(17)29-20(18)21(28)24-15-11-23-27(12-15)16-7-3-2-4-8-16/h2-12H,13H2,1H3,(H,24,28). The number of aryl methyl sites for hydroxylation is 1. The Labute approximate surface area is 186 Å². The second-order valence-electron chi connectivity index (χ2n) is 6.74. The van der Waals surface area contributed by atoms with E-state index in [0.717, 1.165) is 26.0 Å². The van der Waals surface area contributed by atoms with Crippen molar-refractivity contribution in [3.8, 4) is 5.69 Å². The number of hydrogen-bond donors (Lipinski definition) is 1. The van der Waals surface area contributed by atoms with Crippen molar-refractivity contribution in [3.63, 3.8) is 0 Å².